The molecule has 1 aromatic carbocycles. The number of hydrogen-bond donors (Lipinski definition) is 1. The van der Waals surface area contributed by atoms with E-state index in [4.69, 9.17) is 0 Å². The Balaban J connectivity index is 2.54. The van der Waals surface area contributed by atoms with Crippen LogP contribution in [0.15, 0.2) is 35.4 Å². The topological polar surface area (TPSA) is 120 Å². The van der Waals surface area contributed by atoms with Crippen molar-refractivity contribution in [3.05, 3.63) is 56.1 Å². The third-order valence-electron chi connectivity index (χ3n) is 2.20. The number of nitrogens with one attached hydrogen (secondary N) is 1. The van der Waals surface area contributed by atoms with Gasteiger partial charge in [0.15, 0.2) is 0 Å². The van der Waals surface area contributed by atoms with Crippen molar-refractivity contribution in [3.8, 4) is 0 Å². The van der Waals surface area contributed by atoms with Crippen LogP contribution in [-0.2, 0) is 4.84 Å². The highest BCUT2D eigenvalue weighted by atomic mass is 16.8. The molecule has 0 saturated carbocycles. The van der Waals surface area contributed by atoms with E-state index in [2.05, 4.69) is 9.94 Å². The average Bonchev–Trinajstić information content (AvgIpc) is 2.75. The van der Waals surface area contributed by atoms with Crippen LogP contribution in [0.5, 0.6) is 0 Å². The molecule has 9 heteroatoms. The van der Waals surface area contributed by atoms with Crippen LogP contribution in [0.25, 0.3) is 0 Å². The number of nitrogens with zero attached hydrogens (tertiary/aromatic N) is 3. The minimum Gasteiger partial charge on any atom is -0.256 e. The lowest BCUT2D eigenvalue weighted by Gasteiger charge is -2.09. The SMILES string of the molecule is O=[N+]([O-])C1([N+](=O)[O-])ONN=C1c1ccccc1. The van der Waals surface area contributed by atoms with Crippen LogP contribution >= 0.6 is 0 Å². The third-order valence-corrected chi connectivity index (χ3v) is 2.20. The van der Waals surface area contributed by atoms with Gasteiger partial charge < -0.3 is 0 Å². The molecule has 1 N–H and O–H groups in total. The smallest absolute Gasteiger partial charge is 0.256 e. The van der Waals surface area contributed by atoms with Crippen LogP contribution in [0.4, 0.5) is 0 Å². The monoisotopic (exact) mass is 238 g/mol. The lowest BCUT2D eigenvalue weighted by molar-refractivity contribution is -0.825. The highest BCUT2D eigenvalue weighted by Gasteiger charge is 2.68. The van der Waals surface area contributed by atoms with E-state index in [1.54, 1.807) is 18.2 Å². The summed E-state index contributed by atoms with van der Waals surface area (Å²) in [5.41, 5.74) is 1.68. The van der Waals surface area contributed by atoms with E-state index in [0.29, 0.717) is 0 Å². The van der Waals surface area contributed by atoms with E-state index in [1.807, 2.05) is 5.59 Å². The fourth-order valence-electron chi connectivity index (χ4n) is 1.42. The lowest BCUT2D eigenvalue weighted by atomic mass is 10.1. The minimum atomic E-state index is -2.90. The van der Waals surface area contributed by atoms with Crippen molar-refractivity contribution in [3.63, 3.8) is 0 Å². The summed E-state index contributed by atoms with van der Waals surface area (Å²) >= 11 is 0. The molecule has 0 radical (unpaired) electrons. The molecule has 0 fully saturated rings. The first-order valence-corrected chi connectivity index (χ1v) is 4.44. The zero-order valence-corrected chi connectivity index (χ0v) is 8.27. The number of rotatable bonds is 3. The van der Waals surface area contributed by atoms with Crippen molar-refractivity contribution in [2.45, 2.75) is 5.85 Å². The molecule has 88 valence electrons. The molecule has 1 aliphatic heterocycles. The summed E-state index contributed by atoms with van der Waals surface area (Å²) in [7, 11) is 0. The van der Waals surface area contributed by atoms with Crippen LogP contribution in [0.3, 0.4) is 0 Å². The standard InChI is InChI=1S/C8H6N4O5/c13-11(14)8(12(15)16)7(9-10-17-8)6-4-2-1-3-5-6/h1-5,10H. The Morgan fingerprint density at radius 2 is 1.76 bits per heavy atom. The zero-order chi connectivity index (χ0) is 12.5. The van der Waals surface area contributed by atoms with Gasteiger partial charge in [0.1, 0.15) is 9.85 Å². The third kappa shape index (κ3) is 1.49. The molecule has 0 bridgehead atoms. The van der Waals surface area contributed by atoms with E-state index < -0.39 is 21.4 Å². The summed E-state index contributed by atoms with van der Waals surface area (Å²) in [6.45, 7) is 0. The molecule has 2 rings (SSSR count). The summed E-state index contributed by atoms with van der Waals surface area (Å²) in [4.78, 5) is 23.8. The Morgan fingerprint density at radius 3 is 2.29 bits per heavy atom. The molecule has 0 unspecified atom stereocenters. The molecule has 17 heavy (non-hydrogen) atoms. The number of hydrogen-bond acceptors (Lipinski definition) is 7. The Morgan fingerprint density at radius 1 is 1.18 bits per heavy atom. The fraction of sp³-hybridized carbons (Fsp3) is 0.125. The first-order chi connectivity index (χ1) is 8.09. The Bertz CT molecular complexity index is 486. The van der Waals surface area contributed by atoms with Gasteiger partial charge in [0.2, 0.25) is 0 Å². The number of benzene rings is 1. The lowest BCUT2D eigenvalue weighted by Crippen LogP contribution is -2.53. The summed E-state index contributed by atoms with van der Waals surface area (Å²) in [5.74, 6) is -2.90. The van der Waals surface area contributed by atoms with Gasteiger partial charge in [-0.2, -0.15) is 5.59 Å². The highest BCUT2D eigenvalue weighted by molar-refractivity contribution is 6.04. The molecule has 0 atom stereocenters. The van der Waals surface area contributed by atoms with E-state index in [-0.39, 0.29) is 5.56 Å². The Labute approximate surface area is 93.9 Å². The molecule has 0 spiro atoms. The molecular weight excluding hydrogens is 232 g/mol. The van der Waals surface area contributed by atoms with Gasteiger partial charge in [-0.25, -0.2) is 0 Å². The fourth-order valence-corrected chi connectivity index (χ4v) is 1.42. The van der Waals surface area contributed by atoms with E-state index >= 15 is 0 Å². The number of nitro groups is 2. The molecule has 0 saturated heterocycles. The van der Waals surface area contributed by atoms with Crippen molar-refractivity contribution in [2.75, 3.05) is 0 Å². The second-order valence-electron chi connectivity index (χ2n) is 3.14. The van der Waals surface area contributed by atoms with E-state index in [1.165, 1.54) is 12.1 Å². The van der Waals surface area contributed by atoms with Gasteiger partial charge in [0.25, 0.3) is 5.71 Å². The molecule has 1 heterocycles. The summed E-state index contributed by atoms with van der Waals surface area (Å²) in [5, 5.41) is 25.2. The predicted molar refractivity (Wildman–Crippen MR) is 53.9 cm³/mol. The van der Waals surface area contributed by atoms with E-state index in [0.717, 1.165) is 0 Å². The van der Waals surface area contributed by atoms with Crippen molar-refractivity contribution < 1.29 is 14.7 Å². The molecule has 1 aromatic rings. The quantitative estimate of drug-likeness (QED) is 0.454. The molecule has 0 amide bonds. The van der Waals surface area contributed by atoms with Crippen LogP contribution in [0, 0.1) is 20.2 Å². The van der Waals surface area contributed by atoms with Crippen molar-refractivity contribution in [1.82, 2.24) is 5.59 Å². The zero-order valence-electron chi connectivity index (χ0n) is 8.27. The van der Waals surface area contributed by atoms with Gasteiger partial charge in [-0.05, 0) is 0 Å². The Kier molecular flexibility index (Phi) is 2.44. The van der Waals surface area contributed by atoms with Crippen LogP contribution < -0.4 is 5.59 Å². The Hall–Kier alpha value is -2.55. The average molecular weight is 238 g/mol. The molecule has 9 nitrogen and oxygen atoms in total. The van der Waals surface area contributed by atoms with Crippen LogP contribution in [-0.4, -0.2) is 21.4 Å². The van der Waals surface area contributed by atoms with Crippen LogP contribution in [0.1, 0.15) is 5.56 Å². The van der Waals surface area contributed by atoms with Gasteiger partial charge in [0, 0.05) is 5.56 Å². The van der Waals surface area contributed by atoms with Crippen molar-refractivity contribution in [2.24, 2.45) is 5.10 Å². The van der Waals surface area contributed by atoms with Crippen molar-refractivity contribution in [1.29, 1.82) is 0 Å². The second-order valence-corrected chi connectivity index (χ2v) is 3.14. The first-order valence-electron chi connectivity index (χ1n) is 4.44. The van der Waals surface area contributed by atoms with Gasteiger partial charge in [-0.15, -0.1) is 9.94 Å². The van der Waals surface area contributed by atoms with Gasteiger partial charge in [0.05, 0.1) is 0 Å². The molecule has 0 aliphatic carbocycles. The summed E-state index contributed by atoms with van der Waals surface area (Å²) in [6.07, 6.45) is 0. The summed E-state index contributed by atoms with van der Waals surface area (Å²) < 4.78 is 0. The maximum absolute atomic E-state index is 10.9. The molecular formula is C8H6N4O5. The van der Waals surface area contributed by atoms with Crippen molar-refractivity contribution >= 4 is 5.71 Å². The normalized spacial score (nSPS) is 17.1. The molecule has 1 aliphatic rings. The summed E-state index contributed by atoms with van der Waals surface area (Å²) in [6, 6.07) is 7.78. The van der Waals surface area contributed by atoms with E-state index in [9.17, 15) is 20.2 Å². The predicted octanol–water partition coefficient (Wildman–Crippen LogP) is 0.133. The van der Waals surface area contributed by atoms with Gasteiger partial charge in [-0.3, -0.25) is 20.2 Å². The van der Waals surface area contributed by atoms with Gasteiger partial charge in [-0.1, -0.05) is 30.3 Å². The maximum atomic E-state index is 10.9. The number of hydrazone groups is 1. The van der Waals surface area contributed by atoms with Crippen LogP contribution in [0.2, 0.25) is 0 Å². The molecule has 0 aromatic heterocycles. The first kappa shape index (κ1) is 11.0. The minimum absolute atomic E-state index is 0.242. The maximum Gasteiger partial charge on any atom is 0.647 e. The van der Waals surface area contributed by atoms with Gasteiger partial charge >= 0.3 is 5.85 Å². The second kappa shape index (κ2) is 3.79. The highest BCUT2D eigenvalue weighted by Crippen LogP contribution is 2.23. The largest absolute Gasteiger partial charge is 0.647 e.